The topological polar surface area (TPSA) is 97.5 Å². The second kappa shape index (κ2) is 6.16. The molecule has 2 aromatic rings. The van der Waals surface area contributed by atoms with Crippen LogP contribution in [0.4, 0.5) is 5.82 Å². The van der Waals surface area contributed by atoms with Gasteiger partial charge in [-0.3, -0.25) is 13.9 Å². The standard InChI is InChI=1S/C13H17N4O4P/c1-16-11(18)3-2-10-12(16)14-8-15-13(10)17-6-9(7-17)4-5-21-22(19)20/h2-3,8-9,22H,4-7H2,1H3,(H,19,20). The first-order valence-electron chi connectivity index (χ1n) is 6.97. The molecular weight excluding hydrogens is 307 g/mol. The molecule has 1 fully saturated rings. The average molecular weight is 324 g/mol. The molecule has 0 bridgehead atoms. The van der Waals surface area contributed by atoms with Crippen molar-refractivity contribution >= 4 is 25.1 Å². The van der Waals surface area contributed by atoms with E-state index in [4.69, 9.17) is 9.42 Å². The summed E-state index contributed by atoms with van der Waals surface area (Å²) in [7, 11) is -1.14. The van der Waals surface area contributed by atoms with Gasteiger partial charge in [0, 0.05) is 26.2 Å². The minimum atomic E-state index is -2.83. The van der Waals surface area contributed by atoms with Crippen LogP contribution in [0.2, 0.25) is 0 Å². The Kier molecular flexibility index (Phi) is 4.24. The lowest BCUT2D eigenvalue weighted by Gasteiger charge is -2.40. The molecule has 3 heterocycles. The fourth-order valence-electron chi connectivity index (χ4n) is 2.65. The van der Waals surface area contributed by atoms with Crippen molar-refractivity contribution in [1.82, 2.24) is 14.5 Å². The van der Waals surface area contributed by atoms with Crippen molar-refractivity contribution in [3.8, 4) is 0 Å². The highest BCUT2D eigenvalue weighted by molar-refractivity contribution is 7.32. The smallest absolute Gasteiger partial charge is 0.316 e. The fourth-order valence-corrected chi connectivity index (χ4v) is 2.95. The summed E-state index contributed by atoms with van der Waals surface area (Å²) in [5, 5.41) is 0.847. The van der Waals surface area contributed by atoms with Crippen LogP contribution in [0.1, 0.15) is 6.42 Å². The Labute approximate surface area is 127 Å². The van der Waals surface area contributed by atoms with Gasteiger partial charge in [-0.1, -0.05) is 0 Å². The Bertz CT molecular complexity index is 772. The molecule has 0 aliphatic carbocycles. The highest BCUT2D eigenvalue weighted by Gasteiger charge is 2.29. The van der Waals surface area contributed by atoms with Gasteiger partial charge < -0.3 is 14.3 Å². The number of hydrogen-bond acceptors (Lipinski definition) is 6. The Morgan fingerprint density at radius 2 is 2.18 bits per heavy atom. The Hall–Kier alpha value is -1.76. The summed E-state index contributed by atoms with van der Waals surface area (Å²) in [4.78, 5) is 30.9. The van der Waals surface area contributed by atoms with Crippen LogP contribution < -0.4 is 10.5 Å². The van der Waals surface area contributed by atoms with E-state index in [-0.39, 0.29) is 5.56 Å². The van der Waals surface area contributed by atoms with E-state index in [0.717, 1.165) is 30.7 Å². The van der Waals surface area contributed by atoms with Crippen LogP contribution in [0.25, 0.3) is 11.0 Å². The van der Waals surface area contributed by atoms with Gasteiger partial charge in [0.2, 0.25) is 0 Å². The summed E-state index contributed by atoms with van der Waals surface area (Å²) in [6.07, 6.45) is 2.21. The van der Waals surface area contributed by atoms with E-state index in [0.29, 0.717) is 18.2 Å². The van der Waals surface area contributed by atoms with Crippen molar-refractivity contribution < 1.29 is 14.0 Å². The summed E-state index contributed by atoms with van der Waals surface area (Å²) >= 11 is 0. The molecule has 9 heteroatoms. The Morgan fingerprint density at radius 1 is 1.41 bits per heavy atom. The van der Waals surface area contributed by atoms with Crippen LogP contribution in [0.3, 0.4) is 0 Å². The zero-order valence-corrected chi connectivity index (χ0v) is 13.1. The first kappa shape index (κ1) is 15.1. The van der Waals surface area contributed by atoms with Gasteiger partial charge in [0.1, 0.15) is 17.8 Å². The summed E-state index contributed by atoms with van der Waals surface area (Å²) in [6, 6.07) is 3.26. The quantitative estimate of drug-likeness (QED) is 0.802. The van der Waals surface area contributed by atoms with Crippen molar-refractivity contribution in [2.24, 2.45) is 13.0 Å². The summed E-state index contributed by atoms with van der Waals surface area (Å²) in [6.45, 7) is 1.92. The van der Waals surface area contributed by atoms with Gasteiger partial charge in [0.05, 0.1) is 12.0 Å². The van der Waals surface area contributed by atoms with Crippen molar-refractivity contribution in [2.45, 2.75) is 6.42 Å². The van der Waals surface area contributed by atoms with Crippen molar-refractivity contribution in [3.63, 3.8) is 0 Å². The zero-order chi connectivity index (χ0) is 15.7. The minimum absolute atomic E-state index is 0.102. The number of aromatic nitrogens is 3. The number of anilines is 1. The second-order valence-corrected chi connectivity index (χ2v) is 6.16. The van der Waals surface area contributed by atoms with E-state index in [1.54, 1.807) is 13.1 Å². The first-order valence-corrected chi connectivity index (χ1v) is 8.24. The number of fused-ring (bicyclic) bond motifs is 1. The molecule has 0 radical (unpaired) electrons. The molecule has 22 heavy (non-hydrogen) atoms. The number of hydrogen-bond donors (Lipinski definition) is 1. The summed E-state index contributed by atoms with van der Waals surface area (Å²) in [5.41, 5.74) is 0.512. The van der Waals surface area contributed by atoms with Crippen LogP contribution >= 0.6 is 8.25 Å². The van der Waals surface area contributed by atoms with Crippen LogP contribution in [-0.2, 0) is 16.1 Å². The predicted molar refractivity (Wildman–Crippen MR) is 82.3 cm³/mol. The van der Waals surface area contributed by atoms with Crippen LogP contribution in [-0.4, -0.2) is 39.1 Å². The minimum Gasteiger partial charge on any atom is -0.355 e. The van der Waals surface area contributed by atoms with E-state index in [9.17, 15) is 9.36 Å². The molecule has 0 amide bonds. The van der Waals surface area contributed by atoms with Crippen LogP contribution in [0, 0.1) is 5.92 Å². The third-order valence-electron chi connectivity index (χ3n) is 3.89. The third-order valence-corrected chi connectivity index (χ3v) is 4.34. The lowest BCUT2D eigenvalue weighted by Crippen LogP contribution is -2.47. The number of aryl methyl sites for hydroxylation is 1. The maximum Gasteiger partial charge on any atom is 0.316 e. The molecule has 3 rings (SSSR count). The van der Waals surface area contributed by atoms with Gasteiger partial charge in [-0.15, -0.1) is 0 Å². The highest BCUT2D eigenvalue weighted by atomic mass is 31.1. The molecule has 8 nitrogen and oxygen atoms in total. The van der Waals surface area contributed by atoms with Crippen molar-refractivity contribution in [2.75, 3.05) is 24.6 Å². The average Bonchev–Trinajstić information content (AvgIpc) is 2.45. The lowest BCUT2D eigenvalue weighted by atomic mass is 9.96. The molecule has 0 aromatic carbocycles. The maximum absolute atomic E-state index is 11.7. The van der Waals surface area contributed by atoms with Crippen LogP contribution in [0.15, 0.2) is 23.3 Å². The SMILES string of the molecule is Cn1c(=O)ccc2c(N3CC(CCO[PH](=O)O)C3)ncnc21. The van der Waals surface area contributed by atoms with Crippen LogP contribution in [0.5, 0.6) is 0 Å². The van der Waals surface area contributed by atoms with Gasteiger partial charge in [0.25, 0.3) is 5.56 Å². The summed E-state index contributed by atoms with van der Waals surface area (Å²) < 4.78 is 16.7. The van der Waals surface area contributed by atoms with E-state index < -0.39 is 8.25 Å². The molecule has 1 saturated heterocycles. The highest BCUT2D eigenvalue weighted by Crippen LogP contribution is 2.30. The maximum atomic E-state index is 11.7. The van der Waals surface area contributed by atoms with Gasteiger partial charge in [0.15, 0.2) is 0 Å². The predicted octanol–water partition coefficient (Wildman–Crippen LogP) is 0.553. The molecule has 2 aromatic heterocycles. The monoisotopic (exact) mass is 324 g/mol. The second-order valence-electron chi connectivity index (χ2n) is 5.34. The molecule has 1 atom stereocenters. The Morgan fingerprint density at radius 3 is 2.91 bits per heavy atom. The van der Waals surface area contributed by atoms with Crippen molar-refractivity contribution in [3.05, 3.63) is 28.8 Å². The van der Waals surface area contributed by atoms with E-state index in [2.05, 4.69) is 14.9 Å². The molecular formula is C13H17N4O4P. The molecule has 1 unspecified atom stereocenters. The lowest BCUT2D eigenvalue weighted by molar-refractivity contribution is 0.240. The summed E-state index contributed by atoms with van der Waals surface area (Å²) in [5.74, 6) is 1.23. The van der Waals surface area contributed by atoms with Gasteiger partial charge in [-0.2, -0.15) is 0 Å². The first-order chi connectivity index (χ1) is 10.6. The van der Waals surface area contributed by atoms with E-state index >= 15 is 0 Å². The molecule has 0 spiro atoms. The fraction of sp³-hybridized carbons (Fsp3) is 0.462. The van der Waals surface area contributed by atoms with Gasteiger partial charge in [-0.25, -0.2) is 9.97 Å². The molecule has 1 aliphatic heterocycles. The van der Waals surface area contributed by atoms with Crippen molar-refractivity contribution in [1.29, 1.82) is 0 Å². The largest absolute Gasteiger partial charge is 0.355 e. The third kappa shape index (κ3) is 2.90. The molecule has 1 N–H and O–H groups in total. The Balaban J connectivity index is 1.72. The van der Waals surface area contributed by atoms with E-state index in [1.165, 1.54) is 17.0 Å². The molecule has 118 valence electrons. The number of rotatable bonds is 5. The number of pyridine rings is 1. The normalized spacial score (nSPS) is 16.7. The molecule has 1 aliphatic rings. The number of nitrogens with zero attached hydrogens (tertiary/aromatic N) is 4. The van der Waals surface area contributed by atoms with E-state index in [1.807, 2.05) is 0 Å². The zero-order valence-electron chi connectivity index (χ0n) is 12.1. The molecule has 0 saturated carbocycles. The van der Waals surface area contributed by atoms with Gasteiger partial charge >= 0.3 is 8.25 Å². The van der Waals surface area contributed by atoms with Gasteiger partial charge in [-0.05, 0) is 18.4 Å².